The van der Waals surface area contributed by atoms with E-state index < -0.39 is 0 Å². The number of hydrogen-bond donors (Lipinski definition) is 1. The van der Waals surface area contributed by atoms with Crippen molar-refractivity contribution < 1.29 is 0 Å². The molecule has 0 aliphatic heterocycles. The molecule has 0 nitrogen and oxygen atoms in total. The second-order valence-corrected chi connectivity index (χ2v) is 3.72. The molecule has 1 aliphatic rings. The van der Waals surface area contributed by atoms with Crippen molar-refractivity contribution >= 4 is 18.2 Å². The summed E-state index contributed by atoms with van der Waals surface area (Å²) in [5.41, 5.74) is 9.54. The van der Waals surface area contributed by atoms with Gasteiger partial charge in [0.15, 0.2) is 0 Å². The SMILES string of the molecule is Cc1cc(S)ccc1C1=C=C=CC=C1. The Morgan fingerprint density at radius 2 is 2.14 bits per heavy atom. The lowest BCUT2D eigenvalue weighted by Gasteiger charge is -2.05. The highest BCUT2D eigenvalue weighted by Crippen LogP contribution is 2.22. The molecule has 0 aromatic heterocycles. The first-order chi connectivity index (χ1) is 6.77. The van der Waals surface area contributed by atoms with Gasteiger partial charge in [0.2, 0.25) is 0 Å². The second kappa shape index (κ2) is 3.77. The molecule has 0 atom stereocenters. The van der Waals surface area contributed by atoms with Crippen LogP contribution in [0.3, 0.4) is 0 Å². The molecule has 1 aliphatic carbocycles. The molecule has 0 spiro atoms. The number of hydrogen-bond acceptors (Lipinski definition) is 1. The highest BCUT2D eigenvalue weighted by molar-refractivity contribution is 7.80. The zero-order valence-electron chi connectivity index (χ0n) is 7.91. The highest BCUT2D eigenvalue weighted by atomic mass is 32.1. The molecule has 0 saturated heterocycles. The zero-order valence-corrected chi connectivity index (χ0v) is 8.81. The van der Waals surface area contributed by atoms with Crippen LogP contribution in [0.5, 0.6) is 0 Å². The smallest absolute Gasteiger partial charge is 0.0324 e. The van der Waals surface area contributed by atoms with Gasteiger partial charge >= 0.3 is 0 Å². The largest absolute Gasteiger partial charge is 0.143 e. The lowest BCUT2D eigenvalue weighted by Crippen LogP contribution is -1.86. The van der Waals surface area contributed by atoms with E-state index in [9.17, 15) is 0 Å². The molecule has 0 fully saturated rings. The Morgan fingerprint density at radius 3 is 2.79 bits per heavy atom. The molecule has 2 rings (SSSR count). The maximum Gasteiger partial charge on any atom is 0.0324 e. The lowest BCUT2D eigenvalue weighted by molar-refractivity contribution is 1.34. The van der Waals surface area contributed by atoms with E-state index in [4.69, 9.17) is 0 Å². The van der Waals surface area contributed by atoms with E-state index in [1.165, 1.54) is 11.1 Å². The van der Waals surface area contributed by atoms with E-state index >= 15 is 0 Å². The summed E-state index contributed by atoms with van der Waals surface area (Å²) in [5, 5.41) is 0. The van der Waals surface area contributed by atoms with Gasteiger partial charge in [-0.2, -0.15) is 0 Å². The average Bonchev–Trinajstić information content (AvgIpc) is 2.19. The fraction of sp³-hybridized carbons (Fsp3) is 0.0769. The lowest BCUT2D eigenvalue weighted by atomic mass is 10.00. The maximum atomic E-state index is 4.30. The Bertz CT molecular complexity index is 494. The van der Waals surface area contributed by atoms with E-state index in [1.54, 1.807) is 0 Å². The molecular formula is C13H10S. The van der Waals surface area contributed by atoms with Gasteiger partial charge in [0.25, 0.3) is 0 Å². The van der Waals surface area contributed by atoms with Gasteiger partial charge in [-0.1, -0.05) is 23.6 Å². The van der Waals surface area contributed by atoms with Crippen LogP contribution in [0.15, 0.2) is 52.8 Å². The van der Waals surface area contributed by atoms with Crippen LogP contribution in [-0.2, 0) is 0 Å². The van der Waals surface area contributed by atoms with Gasteiger partial charge in [0.05, 0.1) is 0 Å². The molecule has 68 valence electrons. The first-order valence-electron chi connectivity index (χ1n) is 4.46. The van der Waals surface area contributed by atoms with E-state index in [-0.39, 0.29) is 0 Å². The molecule has 0 unspecified atom stereocenters. The van der Waals surface area contributed by atoms with E-state index in [0.29, 0.717) is 0 Å². The standard InChI is InChI=1S/C13H10S/c1-10-9-12(14)7-8-13(10)11-5-3-2-4-6-11/h2-3,5,7-9,14H,1H3. The molecule has 0 bridgehead atoms. The molecule has 0 N–H and O–H groups in total. The second-order valence-electron chi connectivity index (χ2n) is 3.21. The third kappa shape index (κ3) is 1.76. The van der Waals surface area contributed by atoms with Gasteiger partial charge in [-0.05, 0) is 42.3 Å². The minimum Gasteiger partial charge on any atom is -0.143 e. The van der Waals surface area contributed by atoms with Crippen molar-refractivity contribution in [3.05, 3.63) is 59.0 Å². The van der Waals surface area contributed by atoms with Crippen molar-refractivity contribution in [1.82, 2.24) is 0 Å². The molecule has 0 amide bonds. The fourth-order valence-electron chi connectivity index (χ4n) is 1.46. The van der Waals surface area contributed by atoms with Gasteiger partial charge in [-0.15, -0.1) is 12.6 Å². The Kier molecular flexibility index (Phi) is 2.47. The van der Waals surface area contributed by atoms with Crippen molar-refractivity contribution in [3.8, 4) is 0 Å². The van der Waals surface area contributed by atoms with Gasteiger partial charge in [-0.3, -0.25) is 0 Å². The van der Waals surface area contributed by atoms with Crippen LogP contribution in [-0.4, -0.2) is 0 Å². The highest BCUT2D eigenvalue weighted by Gasteiger charge is 2.02. The number of aryl methyl sites for hydroxylation is 1. The fourth-order valence-corrected chi connectivity index (χ4v) is 1.73. The monoisotopic (exact) mass is 198 g/mol. The van der Waals surface area contributed by atoms with Crippen molar-refractivity contribution in [2.75, 3.05) is 0 Å². The quantitative estimate of drug-likeness (QED) is 0.518. The van der Waals surface area contributed by atoms with Crippen LogP contribution >= 0.6 is 12.6 Å². The van der Waals surface area contributed by atoms with Gasteiger partial charge in [0.1, 0.15) is 0 Å². The number of thiol groups is 1. The van der Waals surface area contributed by atoms with Crippen molar-refractivity contribution in [2.45, 2.75) is 11.8 Å². The number of rotatable bonds is 1. The van der Waals surface area contributed by atoms with E-state index in [2.05, 4.69) is 43.1 Å². The third-order valence-electron chi connectivity index (χ3n) is 2.15. The van der Waals surface area contributed by atoms with Crippen LogP contribution in [0.4, 0.5) is 0 Å². The van der Waals surface area contributed by atoms with Crippen molar-refractivity contribution in [1.29, 1.82) is 0 Å². The van der Waals surface area contributed by atoms with Crippen LogP contribution in [0.25, 0.3) is 5.57 Å². The summed E-state index contributed by atoms with van der Waals surface area (Å²) in [6.07, 6.45) is 5.86. The van der Waals surface area contributed by atoms with Crippen LogP contribution < -0.4 is 0 Å². The summed E-state index contributed by atoms with van der Waals surface area (Å²) < 4.78 is 0. The predicted octanol–water partition coefficient (Wildman–Crippen LogP) is 3.55. The van der Waals surface area contributed by atoms with E-state index in [0.717, 1.165) is 10.5 Å². The Hall–Kier alpha value is -1.39. The Morgan fingerprint density at radius 1 is 1.29 bits per heavy atom. The van der Waals surface area contributed by atoms with Crippen molar-refractivity contribution in [3.63, 3.8) is 0 Å². The zero-order chi connectivity index (χ0) is 9.97. The van der Waals surface area contributed by atoms with Crippen LogP contribution in [0.1, 0.15) is 11.1 Å². The number of benzene rings is 1. The van der Waals surface area contributed by atoms with Crippen LogP contribution in [0, 0.1) is 6.92 Å². The molecule has 1 aromatic carbocycles. The Labute approximate surface area is 89.4 Å². The molecule has 14 heavy (non-hydrogen) atoms. The molecule has 1 heteroatoms. The van der Waals surface area contributed by atoms with Gasteiger partial charge in [-0.25, -0.2) is 0 Å². The summed E-state index contributed by atoms with van der Waals surface area (Å²) in [6, 6.07) is 6.11. The predicted molar refractivity (Wildman–Crippen MR) is 62.6 cm³/mol. The van der Waals surface area contributed by atoms with Crippen LogP contribution in [0.2, 0.25) is 0 Å². The summed E-state index contributed by atoms with van der Waals surface area (Å²) in [5.74, 6) is 0. The van der Waals surface area contributed by atoms with Gasteiger partial charge < -0.3 is 0 Å². The maximum absolute atomic E-state index is 4.30. The molecule has 0 radical (unpaired) electrons. The normalized spacial score (nSPS) is 13.1. The minimum absolute atomic E-state index is 0.992. The van der Waals surface area contributed by atoms with Crippen molar-refractivity contribution in [2.24, 2.45) is 0 Å². The van der Waals surface area contributed by atoms with Gasteiger partial charge in [0, 0.05) is 10.5 Å². The summed E-state index contributed by atoms with van der Waals surface area (Å²) in [7, 11) is 0. The number of allylic oxidation sites excluding steroid dienone is 4. The molecule has 0 heterocycles. The van der Waals surface area contributed by atoms with E-state index in [1.807, 2.05) is 24.3 Å². The Balaban J connectivity index is 2.58. The minimum atomic E-state index is 0.992. The molecule has 0 saturated carbocycles. The summed E-state index contributed by atoms with van der Waals surface area (Å²) >= 11 is 4.30. The third-order valence-corrected chi connectivity index (χ3v) is 2.43. The summed E-state index contributed by atoms with van der Waals surface area (Å²) in [4.78, 5) is 0.992. The molecule has 1 aromatic rings. The topological polar surface area (TPSA) is 0 Å². The molecular weight excluding hydrogens is 188 g/mol. The summed E-state index contributed by atoms with van der Waals surface area (Å²) in [6.45, 7) is 2.08. The average molecular weight is 198 g/mol. The first-order valence-corrected chi connectivity index (χ1v) is 4.90. The first kappa shape index (κ1) is 9.18.